The number of anilines is 1. The Hall–Kier alpha value is -3.25. The monoisotopic (exact) mass is 411 g/mol. The standard InChI is InChI=1S/C22H22ClN3O3/c1-29-18-9-6-16(7-10-18)22(28)24-12-4-5-21(27)25-19-11-8-17(23)15-20(19)26-13-2-3-14-26/h2-3,6-11,13-15H,4-5,12H2,1H3,(H,24,28)(H,25,27). The Morgan fingerprint density at radius 3 is 2.48 bits per heavy atom. The zero-order valence-electron chi connectivity index (χ0n) is 16.0. The highest BCUT2D eigenvalue weighted by Crippen LogP contribution is 2.25. The third-order valence-corrected chi connectivity index (χ3v) is 4.57. The smallest absolute Gasteiger partial charge is 0.251 e. The SMILES string of the molecule is COc1ccc(C(=O)NCCCC(=O)Nc2ccc(Cl)cc2-n2cccc2)cc1. The van der Waals surface area contributed by atoms with Gasteiger partial charge in [-0.25, -0.2) is 0 Å². The average Bonchev–Trinajstić information content (AvgIpc) is 3.27. The summed E-state index contributed by atoms with van der Waals surface area (Å²) in [6.45, 7) is 0.406. The van der Waals surface area contributed by atoms with E-state index in [0.29, 0.717) is 35.0 Å². The molecule has 0 saturated carbocycles. The summed E-state index contributed by atoms with van der Waals surface area (Å²) < 4.78 is 6.96. The first-order valence-electron chi connectivity index (χ1n) is 9.22. The number of aromatic nitrogens is 1. The van der Waals surface area contributed by atoms with Gasteiger partial charge in [0.1, 0.15) is 5.75 Å². The van der Waals surface area contributed by atoms with Gasteiger partial charge in [0.15, 0.2) is 0 Å². The first-order valence-corrected chi connectivity index (χ1v) is 9.59. The number of methoxy groups -OCH3 is 1. The molecule has 3 aromatic rings. The zero-order valence-corrected chi connectivity index (χ0v) is 16.8. The van der Waals surface area contributed by atoms with E-state index in [2.05, 4.69) is 10.6 Å². The molecule has 7 heteroatoms. The number of carbonyl (C=O) groups is 2. The van der Waals surface area contributed by atoms with Crippen molar-refractivity contribution in [2.24, 2.45) is 0 Å². The Morgan fingerprint density at radius 1 is 1.07 bits per heavy atom. The van der Waals surface area contributed by atoms with Crippen molar-refractivity contribution in [1.29, 1.82) is 0 Å². The van der Waals surface area contributed by atoms with Gasteiger partial charge in [-0.1, -0.05) is 11.6 Å². The molecule has 0 unspecified atom stereocenters. The molecule has 29 heavy (non-hydrogen) atoms. The summed E-state index contributed by atoms with van der Waals surface area (Å²) in [5.74, 6) is 0.389. The van der Waals surface area contributed by atoms with Crippen LogP contribution < -0.4 is 15.4 Å². The van der Waals surface area contributed by atoms with Gasteiger partial charge in [0.05, 0.1) is 18.5 Å². The molecule has 150 valence electrons. The summed E-state index contributed by atoms with van der Waals surface area (Å²) in [7, 11) is 1.58. The summed E-state index contributed by atoms with van der Waals surface area (Å²) in [6.07, 6.45) is 4.59. The van der Waals surface area contributed by atoms with E-state index in [0.717, 1.165) is 5.69 Å². The van der Waals surface area contributed by atoms with Crippen LogP contribution in [-0.2, 0) is 4.79 Å². The van der Waals surface area contributed by atoms with Gasteiger partial charge in [0, 0.05) is 35.9 Å². The van der Waals surface area contributed by atoms with Crippen molar-refractivity contribution in [3.8, 4) is 11.4 Å². The lowest BCUT2D eigenvalue weighted by Gasteiger charge is -2.13. The van der Waals surface area contributed by atoms with Gasteiger partial charge in [-0.2, -0.15) is 0 Å². The molecule has 0 spiro atoms. The van der Waals surface area contributed by atoms with Crippen LogP contribution >= 0.6 is 11.6 Å². The maximum absolute atomic E-state index is 12.3. The number of rotatable bonds is 8. The van der Waals surface area contributed by atoms with Crippen LogP contribution in [0.1, 0.15) is 23.2 Å². The molecular weight excluding hydrogens is 390 g/mol. The predicted octanol–water partition coefficient (Wildman–Crippen LogP) is 4.29. The van der Waals surface area contributed by atoms with Gasteiger partial charge in [-0.15, -0.1) is 0 Å². The third kappa shape index (κ3) is 5.62. The van der Waals surface area contributed by atoms with Crippen molar-refractivity contribution in [2.75, 3.05) is 19.0 Å². The lowest BCUT2D eigenvalue weighted by Crippen LogP contribution is -2.25. The van der Waals surface area contributed by atoms with Crippen LogP contribution in [0.25, 0.3) is 5.69 Å². The first-order chi connectivity index (χ1) is 14.1. The molecule has 1 heterocycles. The molecule has 1 aromatic heterocycles. The van der Waals surface area contributed by atoms with Crippen LogP contribution in [-0.4, -0.2) is 30.0 Å². The average molecular weight is 412 g/mol. The summed E-state index contributed by atoms with van der Waals surface area (Å²) in [6, 6.07) is 16.0. The molecule has 0 atom stereocenters. The molecule has 2 N–H and O–H groups in total. The number of nitrogens with zero attached hydrogens (tertiary/aromatic N) is 1. The van der Waals surface area contributed by atoms with Gasteiger partial charge in [-0.05, 0) is 61.0 Å². The van der Waals surface area contributed by atoms with Crippen molar-refractivity contribution in [1.82, 2.24) is 9.88 Å². The van der Waals surface area contributed by atoms with Crippen LogP contribution in [0.2, 0.25) is 5.02 Å². The van der Waals surface area contributed by atoms with E-state index in [4.69, 9.17) is 16.3 Å². The summed E-state index contributed by atoms with van der Waals surface area (Å²) >= 11 is 6.10. The molecule has 0 saturated heterocycles. The number of benzene rings is 2. The minimum absolute atomic E-state index is 0.126. The van der Waals surface area contributed by atoms with E-state index in [1.54, 1.807) is 49.6 Å². The van der Waals surface area contributed by atoms with Crippen LogP contribution in [0.4, 0.5) is 5.69 Å². The number of nitrogens with one attached hydrogen (secondary N) is 2. The van der Waals surface area contributed by atoms with E-state index >= 15 is 0 Å². The van der Waals surface area contributed by atoms with Gasteiger partial charge >= 0.3 is 0 Å². The van der Waals surface area contributed by atoms with Crippen LogP contribution in [0.15, 0.2) is 67.0 Å². The normalized spacial score (nSPS) is 10.4. The van der Waals surface area contributed by atoms with Crippen LogP contribution in [0.3, 0.4) is 0 Å². The summed E-state index contributed by atoms with van der Waals surface area (Å²) in [5.41, 5.74) is 2.02. The minimum Gasteiger partial charge on any atom is -0.497 e. The molecule has 0 fully saturated rings. The van der Waals surface area contributed by atoms with Crippen molar-refractivity contribution < 1.29 is 14.3 Å². The fourth-order valence-corrected chi connectivity index (χ4v) is 2.99. The highest BCUT2D eigenvalue weighted by Gasteiger charge is 2.10. The van der Waals surface area contributed by atoms with Crippen molar-refractivity contribution in [3.05, 3.63) is 77.6 Å². The fourth-order valence-electron chi connectivity index (χ4n) is 2.83. The highest BCUT2D eigenvalue weighted by molar-refractivity contribution is 6.30. The molecule has 0 aliphatic carbocycles. The molecule has 6 nitrogen and oxygen atoms in total. The van der Waals surface area contributed by atoms with Crippen LogP contribution in [0, 0.1) is 0 Å². The minimum atomic E-state index is -0.180. The zero-order chi connectivity index (χ0) is 20.6. The van der Waals surface area contributed by atoms with Gasteiger partial charge < -0.3 is 19.9 Å². The van der Waals surface area contributed by atoms with Gasteiger partial charge in [0.2, 0.25) is 5.91 Å². The fraction of sp³-hybridized carbons (Fsp3) is 0.182. The third-order valence-electron chi connectivity index (χ3n) is 4.33. The van der Waals surface area contributed by atoms with Crippen molar-refractivity contribution in [2.45, 2.75) is 12.8 Å². The summed E-state index contributed by atoms with van der Waals surface area (Å²) in [4.78, 5) is 24.4. The topological polar surface area (TPSA) is 72.4 Å². The first kappa shape index (κ1) is 20.5. The predicted molar refractivity (Wildman–Crippen MR) is 114 cm³/mol. The number of carbonyl (C=O) groups excluding carboxylic acids is 2. The molecule has 0 bridgehead atoms. The summed E-state index contributed by atoms with van der Waals surface area (Å²) in [5, 5.41) is 6.32. The lowest BCUT2D eigenvalue weighted by molar-refractivity contribution is -0.116. The lowest BCUT2D eigenvalue weighted by atomic mass is 10.2. The molecular formula is C22H22ClN3O3. The maximum atomic E-state index is 12.3. The molecule has 0 radical (unpaired) electrons. The molecule has 2 amide bonds. The van der Waals surface area contributed by atoms with Gasteiger partial charge in [-0.3, -0.25) is 9.59 Å². The molecule has 2 aromatic carbocycles. The Morgan fingerprint density at radius 2 is 1.79 bits per heavy atom. The molecule has 0 aliphatic heterocycles. The maximum Gasteiger partial charge on any atom is 0.251 e. The van der Waals surface area contributed by atoms with E-state index in [-0.39, 0.29) is 18.2 Å². The van der Waals surface area contributed by atoms with E-state index in [1.807, 2.05) is 29.1 Å². The Kier molecular flexibility index (Phi) is 6.92. The highest BCUT2D eigenvalue weighted by atomic mass is 35.5. The van der Waals surface area contributed by atoms with Crippen molar-refractivity contribution in [3.63, 3.8) is 0 Å². The number of ether oxygens (including phenoxy) is 1. The molecule has 0 aliphatic rings. The van der Waals surface area contributed by atoms with Crippen LogP contribution in [0.5, 0.6) is 5.75 Å². The molecule has 3 rings (SSSR count). The second kappa shape index (κ2) is 9.80. The number of halogens is 1. The van der Waals surface area contributed by atoms with E-state index < -0.39 is 0 Å². The van der Waals surface area contributed by atoms with E-state index in [9.17, 15) is 9.59 Å². The number of hydrogen-bond donors (Lipinski definition) is 2. The number of amides is 2. The second-order valence-corrected chi connectivity index (χ2v) is 6.82. The van der Waals surface area contributed by atoms with E-state index in [1.165, 1.54) is 0 Å². The Balaban J connectivity index is 1.49. The van der Waals surface area contributed by atoms with Crippen molar-refractivity contribution >= 4 is 29.1 Å². The largest absolute Gasteiger partial charge is 0.497 e. The Bertz CT molecular complexity index is 969. The second-order valence-electron chi connectivity index (χ2n) is 6.39. The Labute approximate surface area is 174 Å². The van der Waals surface area contributed by atoms with Gasteiger partial charge in [0.25, 0.3) is 5.91 Å². The quantitative estimate of drug-likeness (QED) is 0.543. The number of hydrogen-bond acceptors (Lipinski definition) is 3.